The minimum Gasteiger partial charge on any atom is -0.545 e. The van der Waals surface area contributed by atoms with Gasteiger partial charge < -0.3 is 15.0 Å². The van der Waals surface area contributed by atoms with Crippen molar-refractivity contribution in [3.63, 3.8) is 0 Å². The summed E-state index contributed by atoms with van der Waals surface area (Å²) < 4.78 is 2.86. The first-order valence-electron chi connectivity index (χ1n) is 10.2. The second-order valence-corrected chi connectivity index (χ2v) is 7.34. The number of carbonyl (C=O) groups excluding carboxylic acids is 1. The first-order valence-corrected chi connectivity index (χ1v) is 10.2. The van der Waals surface area contributed by atoms with Crippen LogP contribution in [0.25, 0.3) is 33.1 Å². The van der Waals surface area contributed by atoms with E-state index in [-0.39, 0.29) is 52.0 Å². The van der Waals surface area contributed by atoms with Gasteiger partial charge in [-0.05, 0) is 57.1 Å². The maximum atomic E-state index is 11.1. The van der Waals surface area contributed by atoms with E-state index in [1.807, 2.05) is 49.4 Å². The molecule has 6 rings (SSSR count). The number of aromatic nitrogens is 8. The van der Waals surface area contributed by atoms with Crippen molar-refractivity contribution >= 4 is 45.0 Å². The van der Waals surface area contributed by atoms with Crippen molar-refractivity contribution in [3.8, 4) is 0 Å². The Morgan fingerprint density at radius 2 is 1.46 bits per heavy atom. The van der Waals surface area contributed by atoms with Crippen molar-refractivity contribution in [2.24, 2.45) is 0 Å². The molecule has 0 unspecified atom stereocenters. The zero-order chi connectivity index (χ0) is 23.8. The summed E-state index contributed by atoms with van der Waals surface area (Å²) in [5.41, 5.74) is 3.27. The normalized spacial score (nSPS) is 10.8. The molecule has 0 aliphatic heterocycles. The molecule has 12 nitrogen and oxygen atoms in total. The van der Waals surface area contributed by atoms with Gasteiger partial charge >= 0.3 is 35.5 Å². The molecule has 0 saturated carbocycles. The van der Waals surface area contributed by atoms with Crippen LogP contribution in [0.15, 0.2) is 54.6 Å². The maximum Gasteiger partial charge on any atom is 1.00 e. The van der Waals surface area contributed by atoms with Crippen LogP contribution in [-0.2, 0) is 6.42 Å². The number of rotatable bonds is 3. The molecule has 0 saturated heterocycles. The summed E-state index contributed by atoms with van der Waals surface area (Å²) in [6.07, 6.45) is 0.891. The van der Waals surface area contributed by atoms with Crippen LogP contribution in [-0.4, -0.2) is 57.1 Å². The standard InChI is InChI=1S/C12H10N4O2.C10H6N4O2.Na/c1-2-7-3-4-8-6-9(12(17)18)11-13-14-15-16(11)10(8)5-7;15-10(16)7-5-6-3-1-2-4-8(6)14-9(7)11-12-13-14;/h3-6H,2H2,1H3,(H,17,18);1-5H,(H,15,16);/q;;+1/p-1. The summed E-state index contributed by atoms with van der Waals surface area (Å²) in [6.45, 7) is 2.05. The van der Waals surface area contributed by atoms with Crippen molar-refractivity contribution in [3.05, 3.63) is 71.3 Å². The first kappa shape index (κ1) is 24.1. The van der Waals surface area contributed by atoms with Gasteiger partial charge in [0.25, 0.3) is 0 Å². The Labute approximate surface area is 218 Å². The number of para-hydroxylation sites is 1. The molecule has 1 N–H and O–H groups in total. The van der Waals surface area contributed by atoms with Gasteiger partial charge in [-0.3, -0.25) is 0 Å². The molecule has 0 aliphatic carbocycles. The Morgan fingerprint density at radius 1 is 0.857 bits per heavy atom. The van der Waals surface area contributed by atoms with Crippen LogP contribution in [0, 0.1) is 0 Å². The van der Waals surface area contributed by atoms with E-state index in [0.717, 1.165) is 33.8 Å². The summed E-state index contributed by atoms with van der Waals surface area (Å²) in [4.78, 5) is 22.1. The molecule has 0 bridgehead atoms. The van der Waals surface area contributed by atoms with E-state index >= 15 is 0 Å². The fourth-order valence-electron chi connectivity index (χ4n) is 3.70. The number of fused-ring (bicyclic) bond motifs is 6. The van der Waals surface area contributed by atoms with Gasteiger partial charge in [0.15, 0.2) is 11.3 Å². The van der Waals surface area contributed by atoms with Gasteiger partial charge in [0.05, 0.1) is 17.0 Å². The number of carbonyl (C=O) groups is 2. The Hall–Kier alpha value is -4.00. The van der Waals surface area contributed by atoms with Gasteiger partial charge in [-0.2, -0.15) is 9.03 Å². The first-order chi connectivity index (χ1) is 16.5. The van der Waals surface area contributed by atoms with Crippen molar-refractivity contribution in [2.45, 2.75) is 13.3 Å². The van der Waals surface area contributed by atoms with Gasteiger partial charge in [-0.25, -0.2) is 4.79 Å². The molecule has 4 aromatic heterocycles. The third kappa shape index (κ3) is 4.30. The van der Waals surface area contributed by atoms with Gasteiger partial charge in [-0.15, -0.1) is 10.2 Å². The Morgan fingerprint density at radius 3 is 2.11 bits per heavy atom. The summed E-state index contributed by atoms with van der Waals surface area (Å²) in [6, 6.07) is 16.2. The quantitative estimate of drug-likeness (QED) is 0.287. The van der Waals surface area contributed by atoms with E-state index in [0.29, 0.717) is 0 Å². The van der Waals surface area contributed by atoms with E-state index in [4.69, 9.17) is 5.11 Å². The monoisotopic (exact) mass is 478 g/mol. The van der Waals surface area contributed by atoms with Crippen LogP contribution >= 0.6 is 0 Å². The Kier molecular flexibility index (Phi) is 6.69. The number of hydrogen-bond donors (Lipinski definition) is 1. The zero-order valence-electron chi connectivity index (χ0n) is 18.7. The molecule has 0 spiro atoms. The number of aryl methyl sites for hydroxylation is 1. The van der Waals surface area contributed by atoms with Gasteiger partial charge in [0, 0.05) is 16.3 Å². The molecular formula is C22H15N8NaO4. The fraction of sp³-hybridized carbons (Fsp3) is 0.0909. The summed E-state index contributed by atoms with van der Waals surface area (Å²) in [5, 5.41) is 43.7. The molecule has 0 radical (unpaired) electrons. The van der Waals surface area contributed by atoms with Crippen LogP contribution in [0.4, 0.5) is 0 Å². The minimum absolute atomic E-state index is 0. The van der Waals surface area contributed by atoms with Crippen molar-refractivity contribution in [1.29, 1.82) is 0 Å². The zero-order valence-corrected chi connectivity index (χ0v) is 20.7. The van der Waals surface area contributed by atoms with Crippen molar-refractivity contribution in [2.75, 3.05) is 0 Å². The molecule has 6 aromatic rings. The third-order valence-corrected chi connectivity index (χ3v) is 5.37. The van der Waals surface area contributed by atoms with Crippen molar-refractivity contribution in [1.82, 2.24) is 40.1 Å². The number of pyridine rings is 2. The maximum absolute atomic E-state index is 11.1. The smallest absolute Gasteiger partial charge is 0.545 e. The van der Waals surface area contributed by atoms with E-state index in [2.05, 4.69) is 31.1 Å². The molecule has 0 fully saturated rings. The number of benzene rings is 2. The average molecular weight is 478 g/mol. The average Bonchev–Trinajstić information content (AvgIpc) is 3.53. The molecule has 168 valence electrons. The van der Waals surface area contributed by atoms with E-state index in [1.165, 1.54) is 15.1 Å². The van der Waals surface area contributed by atoms with Crippen LogP contribution in [0.5, 0.6) is 0 Å². The SMILES string of the molecule is CCc1ccc2cc(C(=O)[O-])c3nnnn3c2c1.O=C(O)c1cc2ccccc2n2nnnc12.[Na+]. The largest absolute Gasteiger partial charge is 1.00 e. The molecule has 35 heavy (non-hydrogen) atoms. The third-order valence-electron chi connectivity index (χ3n) is 5.37. The van der Waals surface area contributed by atoms with E-state index in [1.54, 1.807) is 6.07 Å². The topological polar surface area (TPSA) is 164 Å². The molecular weight excluding hydrogens is 463 g/mol. The van der Waals surface area contributed by atoms with Crippen LogP contribution in [0.2, 0.25) is 0 Å². The molecule has 4 heterocycles. The van der Waals surface area contributed by atoms with E-state index < -0.39 is 11.9 Å². The summed E-state index contributed by atoms with van der Waals surface area (Å²) >= 11 is 0. The second kappa shape index (κ2) is 9.70. The van der Waals surface area contributed by atoms with Gasteiger partial charge in [0.1, 0.15) is 5.56 Å². The number of nitrogens with zero attached hydrogens (tertiary/aromatic N) is 8. The number of carboxylic acid groups (broad SMARTS) is 2. The number of aromatic carboxylic acids is 2. The van der Waals surface area contributed by atoms with Crippen LogP contribution < -0.4 is 34.7 Å². The number of hydrogen-bond acceptors (Lipinski definition) is 9. The van der Waals surface area contributed by atoms with Gasteiger partial charge in [-0.1, -0.05) is 37.3 Å². The second-order valence-electron chi connectivity index (χ2n) is 7.34. The predicted octanol–water partition coefficient (Wildman–Crippen LogP) is -1.82. The number of carboxylic acids is 2. The molecule has 0 atom stereocenters. The predicted molar refractivity (Wildman–Crippen MR) is 117 cm³/mol. The Balaban J connectivity index is 0.000000161. The molecule has 2 aromatic carbocycles. The van der Waals surface area contributed by atoms with Crippen LogP contribution in [0.1, 0.15) is 33.2 Å². The van der Waals surface area contributed by atoms with E-state index in [9.17, 15) is 14.7 Å². The minimum atomic E-state index is -1.28. The Bertz CT molecular complexity index is 1730. The fourth-order valence-corrected chi connectivity index (χ4v) is 3.70. The molecule has 0 aliphatic rings. The molecule has 13 heteroatoms. The summed E-state index contributed by atoms with van der Waals surface area (Å²) in [5.74, 6) is -2.32. The van der Waals surface area contributed by atoms with Crippen molar-refractivity contribution < 1.29 is 49.4 Å². The van der Waals surface area contributed by atoms with Gasteiger partial charge in [0.2, 0.25) is 0 Å². The number of tetrazole rings is 2. The summed E-state index contributed by atoms with van der Waals surface area (Å²) in [7, 11) is 0. The van der Waals surface area contributed by atoms with Crippen LogP contribution in [0.3, 0.4) is 0 Å². The molecule has 0 amide bonds.